The number of carbonyl (C=O) groups excluding carboxylic acids is 1. The van der Waals surface area contributed by atoms with Gasteiger partial charge in [-0.3, -0.25) is 0 Å². The molecule has 0 unspecified atom stereocenters. The smallest absolute Gasteiger partial charge is 0.338 e. The predicted molar refractivity (Wildman–Crippen MR) is 116 cm³/mol. The molecule has 0 aliphatic carbocycles. The Morgan fingerprint density at radius 1 is 0.690 bits per heavy atom. The van der Waals surface area contributed by atoms with Gasteiger partial charge in [-0.25, -0.2) is 13.6 Å². The van der Waals surface area contributed by atoms with Gasteiger partial charge in [-0.2, -0.15) is 0 Å². The predicted octanol–water partition coefficient (Wildman–Crippen LogP) is 8.38. The van der Waals surface area contributed by atoms with Crippen molar-refractivity contribution in [1.82, 2.24) is 0 Å². The molecule has 1 aromatic rings. The molecule has 0 radical (unpaired) electrons. The van der Waals surface area contributed by atoms with Crippen molar-refractivity contribution in [3.8, 4) is 0 Å². The summed E-state index contributed by atoms with van der Waals surface area (Å²) >= 11 is 0. The van der Waals surface area contributed by atoms with E-state index in [9.17, 15) is 13.6 Å². The van der Waals surface area contributed by atoms with Crippen molar-refractivity contribution in [2.75, 3.05) is 6.61 Å². The summed E-state index contributed by atoms with van der Waals surface area (Å²) in [6.45, 7) is 2.59. The summed E-state index contributed by atoms with van der Waals surface area (Å²) in [4.78, 5) is 11.8. The molecule has 0 heterocycles. The van der Waals surface area contributed by atoms with Crippen LogP contribution in [0, 0.1) is 11.6 Å². The zero-order valence-corrected chi connectivity index (χ0v) is 18.3. The molecule has 0 fully saturated rings. The number of hydrogen-bond acceptors (Lipinski definition) is 2. The average Bonchev–Trinajstić information content (AvgIpc) is 2.72. The largest absolute Gasteiger partial charge is 0.462 e. The first-order chi connectivity index (χ1) is 14.1. The molecule has 166 valence electrons. The van der Waals surface area contributed by atoms with E-state index >= 15 is 0 Å². The van der Waals surface area contributed by atoms with E-state index in [-0.39, 0.29) is 5.56 Å². The Balaban J connectivity index is 1.83. The molecule has 0 aliphatic rings. The van der Waals surface area contributed by atoms with Crippen molar-refractivity contribution in [3.63, 3.8) is 0 Å². The van der Waals surface area contributed by atoms with Crippen LogP contribution in [0.4, 0.5) is 8.78 Å². The second kappa shape index (κ2) is 17.4. The number of unbranched alkanes of at least 4 members (excludes halogenated alkanes) is 15. The van der Waals surface area contributed by atoms with Gasteiger partial charge >= 0.3 is 5.97 Å². The number of ether oxygens (including phenoxy) is 1. The summed E-state index contributed by atoms with van der Waals surface area (Å²) < 4.78 is 31.1. The van der Waals surface area contributed by atoms with E-state index < -0.39 is 17.6 Å². The normalized spacial score (nSPS) is 11.0. The Bertz CT molecular complexity index is 546. The Labute approximate surface area is 176 Å². The summed E-state index contributed by atoms with van der Waals surface area (Å²) in [5.41, 5.74) is 0.0559. The molecular weight excluding hydrogens is 370 g/mol. The van der Waals surface area contributed by atoms with Crippen molar-refractivity contribution in [3.05, 3.63) is 35.4 Å². The highest BCUT2D eigenvalue weighted by molar-refractivity contribution is 5.89. The number of halogens is 2. The summed E-state index contributed by atoms with van der Waals surface area (Å²) in [6, 6.07) is 3.07. The lowest BCUT2D eigenvalue weighted by atomic mass is 10.0. The number of carbonyl (C=O) groups is 1. The fraction of sp³-hybridized carbons (Fsp3) is 0.720. The zero-order chi connectivity index (χ0) is 21.2. The quantitative estimate of drug-likeness (QED) is 0.179. The monoisotopic (exact) mass is 410 g/mol. The molecule has 4 heteroatoms. The topological polar surface area (TPSA) is 26.3 Å². The Hall–Kier alpha value is -1.45. The summed E-state index contributed by atoms with van der Waals surface area (Å²) in [5, 5.41) is 0. The third-order valence-electron chi connectivity index (χ3n) is 5.39. The number of benzene rings is 1. The zero-order valence-electron chi connectivity index (χ0n) is 18.3. The standard InChI is InChI=1S/C25H40F2O2/c1-2-3-4-5-6-7-8-9-10-11-12-13-14-15-16-17-20-29-25(28)22-18-19-23(26)24(27)21-22/h18-19,21H,2-17,20H2,1H3. The molecule has 0 atom stereocenters. The maximum atomic E-state index is 13.1. The highest BCUT2D eigenvalue weighted by Crippen LogP contribution is 2.14. The summed E-state index contributed by atoms with van der Waals surface area (Å²) in [5.74, 6) is -2.58. The van der Waals surface area contributed by atoms with E-state index in [1.807, 2.05) is 0 Å². The molecule has 0 aromatic heterocycles. The van der Waals surface area contributed by atoms with E-state index in [2.05, 4.69) is 6.92 Å². The molecular formula is C25H40F2O2. The van der Waals surface area contributed by atoms with Crippen molar-refractivity contribution < 1.29 is 18.3 Å². The molecule has 29 heavy (non-hydrogen) atoms. The first-order valence-corrected chi connectivity index (χ1v) is 11.8. The Morgan fingerprint density at radius 2 is 1.14 bits per heavy atom. The molecule has 0 saturated heterocycles. The van der Waals surface area contributed by atoms with Crippen LogP contribution in [0.1, 0.15) is 120 Å². The van der Waals surface area contributed by atoms with Gasteiger partial charge in [-0.1, -0.05) is 103 Å². The van der Waals surface area contributed by atoms with Gasteiger partial charge in [-0.15, -0.1) is 0 Å². The molecule has 1 aromatic carbocycles. The Kier molecular flexibility index (Phi) is 15.4. The van der Waals surface area contributed by atoms with E-state index in [1.165, 1.54) is 89.5 Å². The number of hydrogen-bond donors (Lipinski definition) is 0. The van der Waals surface area contributed by atoms with Crippen LogP contribution in [-0.4, -0.2) is 12.6 Å². The summed E-state index contributed by atoms with van der Waals surface area (Å²) in [7, 11) is 0. The van der Waals surface area contributed by atoms with E-state index in [0.29, 0.717) is 6.61 Å². The molecule has 2 nitrogen and oxygen atoms in total. The fourth-order valence-electron chi connectivity index (χ4n) is 3.52. The van der Waals surface area contributed by atoms with Crippen LogP contribution >= 0.6 is 0 Å². The molecule has 0 saturated carbocycles. The first-order valence-electron chi connectivity index (χ1n) is 11.8. The van der Waals surface area contributed by atoms with Crippen molar-refractivity contribution in [1.29, 1.82) is 0 Å². The number of rotatable bonds is 18. The van der Waals surface area contributed by atoms with Gasteiger partial charge in [0.1, 0.15) is 0 Å². The van der Waals surface area contributed by atoms with Gasteiger partial charge in [0.25, 0.3) is 0 Å². The van der Waals surface area contributed by atoms with Gasteiger partial charge in [0.15, 0.2) is 11.6 Å². The first kappa shape index (κ1) is 25.6. The van der Waals surface area contributed by atoms with Crippen LogP contribution in [0.25, 0.3) is 0 Å². The Morgan fingerprint density at radius 3 is 1.59 bits per heavy atom. The molecule has 0 bridgehead atoms. The van der Waals surface area contributed by atoms with Gasteiger partial charge in [-0.05, 0) is 24.6 Å². The average molecular weight is 411 g/mol. The van der Waals surface area contributed by atoms with Crippen molar-refractivity contribution in [2.45, 2.75) is 110 Å². The lowest BCUT2D eigenvalue weighted by Gasteiger charge is -2.06. The van der Waals surface area contributed by atoms with Crippen LogP contribution < -0.4 is 0 Å². The lowest BCUT2D eigenvalue weighted by molar-refractivity contribution is 0.0497. The van der Waals surface area contributed by atoms with Crippen LogP contribution in [0.2, 0.25) is 0 Å². The van der Waals surface area contributed by atoms with Gasteiger partial charge in [0.05, 0.1) is 12.2 Å². The van der Waals surface area contributed by atoms with E-state index in [0.717, 1.165) is 31.4 Å². The fourth-order valence-corrected chi connectivity index (χ4v) is 3.52. The molecule has 0 spiro atoms. The van der Waals surface area contributed by atoms with E-state index in [1.54, 1.807) is 0 Å². The second-order valence-corrected chi connectivity index (χ2v) is 8.07. The van der Waals surface area contributed by atoms with Gasteiger partial charge < -0.3 is 4.74 Å². The van der Waals surface area contributed by atoms with Crippen LogP contribution in [0.15, 0.2) is 18.2 Å². The number of esters is 1. The van der Waals surface area contributed by atoms with Crippen molar-refractivity contribution in [2.24, 2.45) is 0 Å². The van der Waals surface area contributed by atoms with Crippen LogP contribution in [-0.2, 0) is 4.74 Å². The molecule has 0 aliphatic heterocycles. The van der Waals surface area contributed by atoms with Crippen LogP contribution in [0.5, 0.6) is 0 Å². The minimum atomic E-state index is -1.03. The van der Waals surface area contributed by atoms with Crippen molar-refractivity contribution >= 4 is 5.97 Å². The lowest BCUT2D eigenvalue weighted by Crippen LogP contribution is -2.07. The molecule has 0 N–H and O–H groups in total. The minimum absolute atomic E-state index is 0.0559. The third-order valence-corrected chi connectivity index (χ3v) is 5.39. The van der Waals surface area contributed by atoms with Crippen LogP contribution in [0.3, 0.4) is 0 Å². The highest BCUT2D eigenvalue weighted by atomic mass is 19.2. The highest BCUT2D eigenvalue weighted by Gasteiger charge is 2.10. The molecule has 1 rings (SSSR count). The SMILES string of the molecule is CCCCCCCCCCCCCCCCCCOC(=O)c1ccc(F)c(F)c1. The summed E-state index contributed by atoms with van der Waals surface area (Å²) in [6.07, 6.45) is 20.7. The minimum Gasteiger partial charge on any atom is -0.462 e. The second-order valence-electron chi connectivity index (χ2n) is 8.07. The van der Waals surface area contributed by atoms with Gasteiger partial charge in [0, 0.05) is 0 Å². The maximum absolute atomic E-state index is 13.1. The third kappa shape index (κ3) is 13.4. The van der Waals surface area contributed by atoms with Gasteiger partial charge in [0.2, 0.25) is 0 Å². The molecule has 0 amide bonds. The maximum Gasteiger partial charge on any atom is 0.338 e. The van der Waals surface area contributed by atoms with E-state index in [4.69, 9.17) is 4.74 Å².